The van der Waals surface area contributed by atoms with Gasteiger partial charge >= 0.3 is 0 Å². The monoisotopic (exact) mass is 325 g/mol. The van der Waals surface area contributed by atoms with Crippen molar-refractivity contribution in [2.75, 3.05) is 13.2 Å². The van der Waals surface area contributed by atoms with E-state index in [1.165, 1.54) is 15.6 Å². The van der Waals surface area contributed by atoms with E-state index in [9.17, 15) is 0 Å². The third-order valence-corrected chi connectivity index (χ3v) is 3.94. The van der Waals surface area contributed by atoms with Gasteiger partial charge in [-0.1, -0.05) is 43.6 Å². The van der Waals surface area contributed by atoms with Crippen LogP contribution < -0.4 is 10.1 Å². The third kappa shape index (κ3) is 3.96. The van der Waals surface area contributed by atoms with Crippen LogP contribution in [0.15, 0.2) is 16.6 Å². The van der Waals surface area contributed by atoms with Crippen LogP contribution in [0.2, 0.25) is 0 Å². The zero-order chi connectivity index (χ0) is 14.0. The smallest absolute Gasteiger partial charge is 0.125 e. The molecule has 0 aromatic heterocycles. The number of halogens is 1. The van der Waals surface area contributed by atoms with Crippen LogP contribution >= 0.6 is 15.9 Å². The fourth-order valence-electron chi connectivity index (χ4n) is 2.54. The molecule has 0 saturated heterocycles. The van der Waals surface area contributed by atoms with Gasteiger partial charge in [0.2, 0.25) is 0 Å². The normalized spacial score (nSPS) is 14.6. The lowest BCUT2D eigenvalue weighted by molar-refractivity contribution is 0.312. The van der Waals surface area contributed by atoms with Gasteiger partial charge in [-0.25, -0.2) is 0 Å². The molecule has 2 nitrogen and oxygen atoms in total. The van der Waals surface area contributed by atoms with Crippen LogP contribution in [0, 0.1) is 5.41 Å². The highest BCUT2D eigenvalue weighted by Crippen LogP contribution is 2.36. The van der Waals surface area contributed by atoms with Crippen molar-refractivity contribution >= 4 is 15.9 Å². The molecule has 1 heterocycles. The fraction of sp³-hybridized carbons (Fsp3) is 0.625. The second kappa shape index (κ2) is 5.84. The minimum atomic E-state index is 0.227. The van der Waals surface area contributed by atoms with Gasteiger partial charge in [-0.15, -0.1) is 0 Å². The molecule has 0 saturated carbocycles. The summed E-state index contributed by atoms with van der Waals surface area (Å²) in [4.78, 5) is 0. The lowest BCUT2D eigenvalue weighted by atomic mass is 9.84. The molecular weight excluding hydrogens is 302 g/mol. The molecule has 0 spiro atoms. The fourth-order valence-corrected chi connectivity index (χ4v) is 3.09. The Morgan fingerprint density at radius 1 is 1.37 bits per heavy atom. The Bertz CT molecular complexity index is 454. The molecule has 0 atom stereocenters. The summed E-state index contributed by atoms with van der Waals surface area (Å²) in [5, 5.41) is 3.54. The van der Waals surface area contributed by atoms with Crippen LogP contribution in [0.3, 0.4) is 0 Å². The molecule has 1 aromatic carbocycles. The molecule has 0 fully saturated rings. The first-order chi connectivity index (χ1) is 8.87. The number of hydrogen-bond donors (Lipinski definition) is 1. The van der Waals surface area contributed by atoms with Gasteiger partial charge in [0, 0.05) is 23.5 Å². The maximum absolute atomic E-state index is 5.81. The van der Waals surface area contributed by atoms with Crippen molar-refractivity contribution in [3.63, 3.8) is 0 Å². The summed E-state index contributed by atoms with van der Waals surface area (Å²) >= 11 is 3.61. The molecule has 1 aliphatic heterocycles. The maximum atomic E-state index is 5.81. The van der Waals surface area contributed by atoms with Crippen LogP contribution in [-0.2, 0) is 12.8 Å². The van der Waals surface area contributed by atoms with Gasteiger partial charge in [0.25, 0.3) is 0 Å². The Balaban J connectivity index is 2.14. The van der Waals surface area contributed by atoms with Gasteiger partial charge in [-0.05, 0) is 35.1 Å². The molecule has 3 heteroatoms. The maximum Gasteiger partial charge on any atom is 0.125 e. The summed E-state index contributed by atoms with van der Waals surface area (Å²) in [6, 6.07) is 4.93. The van der Waals surface area contributed by atoms with Gasteiger partial charge < -0.3 is 10.1 Å². The van der Waals surface area contributed by atoms with E-state index in [4.69, 9.17) is 4.74 Å². The van der Waals surface area contributed by atoms with E-state index in [1.54, 1.807) is 0 Å². The quantitative estimate of drug-likeness (QED) is 0.885. The van der Waals surface area contributed by atoms with Crippen LogP contribution in [-0.4, -0.2) is 19.2 Å². The predicted molar refractivity (Wildman–Crippen MR) is 84.0 cm³/mol. The molecular formula is C16H24BrNO. The molecule has 0 amide bonds. The lowest BCUT2D eigenvalue weighted by Gasteiger charge is -2.27. The average Bonchev–Trinajstić information content (AvgIpc) is 2.74. The molecule has 0 bridgehead atoms. The number of nitrogens with one attached hydrogen (secondary N) is 1. The largest absolute Gasteiger partial charge is 0.493 e. The summed E-state index contributed by atoms with van der Waals surface area (Å²) in [5.74, 6) is 1.13. The van der Waals surface area contributed by atoms with Gasteiger partial charge in [-0.2, -0.15) is 0 Å². The average molecular weight is 326 g/mol. The van der Waals surface area contributed by atoms with Gasteiger partial charge in [0.15, 0.2) is 0 Å². The molecule has 1 aliphatic rings. The topological polar surface area (TPSA) is 21.3 Å². The lowest BCUT2D eigenvalue weighted by Crippen LogP contribution is -2.35. The van der Waals surface area contributed by atoms with Crippen LogP contribution in [0.5, 0.6) is 5.75 Å². The first-order valence-corrected chi connectivity index (χ1v) is 7.84. The number of fused-ring (bicyclic) bond motifs is 1. The molecule has 2 rings (SSSR count). The second-order valence-electron chi connectivity index (χ2n) is 6.53. The van der Waals surface area contributed by atoms with Crippen molar-refractivity contribution in [3.05, 3.63) is 27.7 Å². The Kier molecular flexibility index (Phi) is 4.57. The van der Waals surface area contributed by atoms with E-state index in [-0.39, 0.29) is 5.41 Å². The van der Waals surface area contributed by atoms with E-state index >= 15 is 0 Å². The van der Waals surface area contributed by atoms with Crippen molar-refractivity contribution in [3.8, 4) is 5.75 Å². The van der Waals surface area contributed by atoms with Crippen molar-refractivity contribution in [2.24, 2.45) is 5.41 Å². The van der Waals surface area contributed by atoms with Crippen molar-refractivity contribution < 1.29 is 4.74 Å². The number of benzene rings is 1. The molecule has 1 N–H and O–H groups in total. The number of ether oxygens (including phenoxy) is 1. The van der Waals surface area contributed by atoms with Crippen molar-refractivity contribution in [1.29, 1.82) is 0 Å². The molecule has 0 radical (unpaired) electrons. The highest BCUT2D eigenvalue weighted by atomic mass is 79.9. The van der Waals surface area contributed by atoms with Gasteiger partial charge in [0.05, 0.1) is 6.61 Å². The summed E-state index contributed by atoms with van der Waals surface area (Å²) in [5.41, 5.74) is 2.90. The Labute approximate surface area is 125 Å². The predicted octanol–water partition coefficient (Wildman–Crippen LogP) is 3.95. The SMILES string of the molecule is CC(C)NCC(C)(C)Cc1cc(Br)cc2c1OCC2. The molecule has 19 heavy (non-hydrogen) atoms. The Hall–Kier alpha value is -0.540. The minimum Gasteiger partial charge on any atom is -0.493 e. The van der Waals surface area contributed by atoms with E-state index in [0.717, 1.165) is 31.7 Å². The van der Waals surface area contributed by atoms with Crippen LogP contribution in [0.1, 0.15) is 38.8 Å². The summed E-state index contributed by atoms with van der Waals surface area (Å²) in [7, 11) is 0. The highest BCUT2D eigenvalue weighted by Gasteiger charge is 2.24. The Morgan fingerprint density at radius 3 is 2.79 bits per heavy atom. The zero-order valence-electron chi connectivity index (χ0n) is 12.3. The standard InChI is InChI=1S/C16H24BrNO/c1-11(2)18-10-16(3,4)9-13-8-14(17)7-12-5-6-19-15(12)13/h7-8,11,18H,5-6,9-10H2,1-4H3. The third-order valence-electron chi connectivity index (χ3n) is 3.48. The Morgan fingerprint density at radius 2 is 2.11 bits per heavy atom. The molecule has 106 valence electrons. The number of rotatable bonds is 5. The van der Waals surface area contributed by atoms with E-state index in [2.05, 4.69) is 61.1 Å². The summed E-state index contributed by atoms with van der Waals surface area (Å²) in [6.45, 7) is 10.8. The van der Waals surface area contributed by atoms with Crippen LogP contribution in [0.25, 0.3) is 0 Å². The van der Waals surface area contributed by atoms with Crippen molar-refractivity contribution in [1.82, 2.24) is 5.32 Å². The van der Waals surface area contributed by atoms with Crippen LogP contribution in [0.4, 0.5) is 0 Å². The van der Waals surface area contributed by atoms with Gasteiger partial charge in [-0.3, -0.25) is 0 Å². The highest BCUT2D eigenvalue weighted by molar-refractivity contribution is 9.10. The molecule has 0 aliphatic carbocycles. The zero-order valence-corrected chi connectivity index (χ0v) is 13.9. The van der Waals surface area contributed by atoms with E-state index < -0.39 is 0 Å². The molecule has 0 unspecified atom stereocenters. The summed E-state index contributed by atoms with van der Waals surface area (Å²) in [6.07, 6.45) is 2.07. The van der Waals surface area contributed by atoms with E-state index in [1.807, 2.05) is 0 Å². The first-order valence-electron chi connectivity index (χ1n) is 7.05. The second-order valence-corrected chi connectivity index (χ2v) is 7.44. The van der Waals surface area contributed by atoms with Gasteiger partial charge in [0.1, 0.15) is 5.75 Å². The van der Waals surface area contributed by atoms with E-state index in [0.29, 0.717) is 6.04 Å². The summed E-state index contributed by atoms with van der Waals surface area (Å²) < 4.78 is 6.98. The first kappa shape index (κ1) is 14.9. The molecule has 1 aromatic rings. The number of hydrogen-bond acceptors (Lipinski definition) is 2. The van der Waals surface area contributed by atoms with Crippen molar-refractivity contribution in [2.45, 2.75) is 46.6 Å². The minimum absolute atomic E-state index is 0.227.